The minimum absolute atomic E-state index is 0.00518. The Morgan fingerprint density at radius 1 is 0.900 bits per heavy atom. The Bertz CT molecular complexity index is 1270. The van der Waals surface area contributed by atoms with Crippen LogP contribution >= 0.6 is 0 Å². The van der Waals surface area contributed by atoms with Gasteiger partial charge in [-0.15, -0.1) is 0 Å². The molecule has 7 nitrogen and oxygen atoms in total. The SMILES string of the molecule is C/C=N\c1c(C2CCCCCC2)cccc1S(=O)(=O)Nc1ccc(C(=O)N2CCN(CC3CCCC3)CC2)cc1. The first-order chi connectivity index (χ1) is 19.4. The summed E-state index contributed by atoms with van der Waals surface area (Å²) in [6, 6.07) is 12.3. The summed E-state index contributed by atoms with van der Waals surface area (Å²) in [5.74, 6) is 1.15. The maximum atomic E-state index is 13.6. The van der Waals surface area contributed by atoms with Crippen molar-refractivity contribution in [3.63, 3.8) is 0 Å². The molecule has 1 saturated heterocycles. The van der Waals surface area contributed by atoms with Gasteiger partial charge in [0.05, 0.1) is 5.69 Å². The zero-order chi connectivity index (χ0) is 28.0. The Hall–Kier alpha value is -2.71. The number of anilines is 1. The molecule has 0 atom stereocenters. The Labute approximate surface area is 240 Å². The Morgan fingerprint density at radius 3 is 2.20 bits per heavy atom. The lowest BCUT2D eigenvalue weighted by molar-refractivity contribution is 0.0618. The number of nitrogens with one attached hydrogen (secondary N) is 1. The normalized spacial score (nSPS) is 20.2. The molecule has 2 aromatic carbocycles. The average Bonchev–Trinajstić information content (AvgIpc) is 3.32. The van der Waals surface area contributed by atoms with Crippen molar-refractivity contribution >= 4 is 33.5 Å². The van der Waals surface area contributed by atoms with Gasteiger partial charge in [-0.1, -0.05) is 50.7 Å². The van der Waals surface area contributed by atoms with E-state index >= 15 is 0 Å². The molecule has 1 N–H and O–H groups in total. The summed E-state index contributed by atoms with van der Waals surface area (Å²) in [5, 5.41) is 0. The number of hydrogen-bond donors (Lipinski definition) is 1. The molecule has 0 unspecified atom stereocenters. The molecule has 1 heterocycles. The fraction of sp³-hybridized carbons (Fsp3) is 0.562. The predicted octanol–water partition coefficient (Wildman–Crippen LogP) is 6.60. The number of nitrogens with zero attached hydrogens (tertiary/aromatic N) is 3. The van der Waals surface area contributed by atoms with Gasteiger partial charge in [-0.05, 0) is 80.3 Å². The van der Waals surface area contributed by atoms with Gasteiger partial charge in [0, 0.05) is 50.2 Å². The van der Waals surface area contributed by atoms with Crippen LogP contribution in [0.4, 0.5) is 11.4 Å². The molecule has 0 spiro atoms. The highest BCUT2D eigenvalue weighted by molar-refractivity contribution is 7.92. The van der Waals surface area contributed by atoms with Crippen LogP contribution in [0.25, 0.3) is 0 Å². The van der Waals surface area contributed by atoms with Crippen LogP contribution in [0.5, 0.6) is 0 Å². The molecule has 1 amide bonds. The second kappa shape index (κ2) is 13.3. The largest absolute Gasteiger partial charge is 0.336 e. The van der Waals surface area contributed by atoms with E-state index in [9.17, 15) is 13.2 Å². The highest BCUT2D eigenvalue weighted by Crippen LogP contribution is 2.40. The number of aliphatic imine (C=N–C) groups is 1. The second-order valence-electron chi connectivity index (χ2n) is 11.7. The number of benzene rings is 2. The molecular formula is C32H44N4O3S. The number of carbonyl (C=O) groups excluding carboxylic acids is 1. The smallest absolute Gasteiger partial charge is 0.264 e. The molecule has 40 heavy (non-hydrogen) atoms. The van der Waals surface area contributed by atoms with Crippen molar-refractivity contribution < 1.29 is 13.2 Å². The zero-order valence-electron chi connectivity index (χ0n) is 23.9. The van der Waals surface area contributed by atoms with E-state index in [-0.39, 0.29) is 10.8 Å². The van der Waals surface area contributed by atoms with Crippen molar-refractivity contribution in [2.75, 3.05) is 37.4 Å². The van der Waals surface area contributed by atoms with Crippen LogP contribution in [0, 0.1) is 5.92 Å². The highest BCUT2D eigenvalue weighted by Gasteiger charge is 2.27. The number of amides is 1. The van der Waals surface area contributed by atoms with E-state index in [1.807, 2.05) is 24.0 Å². The lowest BCUT2D eigenvalue weighted by Crippen LogP contribution is -2.49. The van der Waals surface area contributed by atoms with E-state index in [4.69, 9.17) is 0 Å². The molecule has 2 aliphatic carbocycles. The van der Waals surface area contributed by atoms with Gasteiger partial charge in [0.25, 0.3) is 15.9 Å². The third kappa shape index (κ3) is 6.95. The summed E-state index contributed by atoms with van der Waals surface area (Å²) < 4.78 is 29.8. The molecule has 3 aliphatic rings. The molecule has 8 heteroatoms. The zero-order valence-corrected chi connectivity index (χ0v) is 24.7. The first-order valence-electron chi connectivity index (χ1n) is 15.2. The summed E-state index contributed by atoms with van der Waals surface area (Å²) in [4.78, 5) is 22.3. The molecule has 216 valence electrons. The van der Waals surface area contributed by atoms with E-state index in [0.717, 1.165) is 69.9 Å². The monoisotopic (exact) mass is 564 g/mol. The van der Waals surface area contributed by atoms with Gasteiger partial charge in [-0.2, -0.15) is 0 Å². The van der Waals surface area contributed by atoms with E-state index in [0.29, 0.717) is 22.9 Å². The lowest BCUT2D eigenvalue weighted by Gasteiger charge is -2.36. The van der Waals surface area contributed by atoms with E-state index in [1.54, 1.807) is 36.5 Å². The van der Waals surface area contributed by atoms with Crippen LogP contribution in [0.3, 0.4) is 0 Å². The first-order valence-corrected chi connectivity index (χ1v) is 16.7. The Morgan fingerprint density at radius 2 is 1.55 bits per heavy atom. The Kier molecular flexibility index (Phi) is 9.58. The topological polar surface area (TPSA) is 82.1 Å². The van der Waals surface area contributed by atoms with Crippen LogP contribution in [-0.2, 0) is 10.0 Å². The molecule has 1 aliphatic heterocycles. The summed E-state index contributed by atoms with van der Waals surface area (Å²) >= 11 is 0. The Balaban J connectivity index is 1.24. The number of para-hydroxylation sites is 1. The maximum absolute atomic E-state index is 13.6. The molecule has 0 aromatic heterocycles. The van der Waals surface area contributed by atoms with Gasteiger partial charge in [0.1, 0.15) is 4.90 Å². The predicted molar refractivity (Wildman–Crippen MR) is 162 cm³/mol. The van der Waals surface area contributed by atoms with Crippen LogP contribution in [0.15, 0.2) is 52.4 Å². The van der Waals surface area contributed by atoms with Crippen LogP contribution < -0.4 is 4.72 Å². The van der Waals surface area contributed by atoms with Crippen LogP contribution in [-0.4, -0.2) is 63.1 Å². The third-order valence-corrected chi connectivity index (χ3v) is 10.3. The van der Waals surface area contributed by atoms with E-state index < -0.39 is 10.0 Å². The van der Waals surface area contributed by atoms with Crippen molar-refractivity contribution in [1.82, 2.24) is 9.80 Å². The minimum Gasteiger partial charge on any atom is -0.336 e. The molecule has 3 fully saturated rings. The first kappa shape index (κ1) is 28.8. The summed E-state index contributed by atoms with van der Waals surface area (Å²) in [6.45, 7) is 6.28. The lowest BCUT2D eigenvalue weighted by atomic mass is 9.90. The fourth-order valence-corrected chi connectivity index (χ4v) is 7.95. The molecule has 0 bridgehead atoms. The van der Waals surface area contributed by atoms with Crippen molar-refractivity contribution in [2.24, 2.45) is 10.9 Å². The molecule has 2 saturated carbocycles. The van der Waals surface area contributed by atoms with Crippen LogP contribution in [0.2, 0.25) is 0 Å². The molecular weight excluding hydrogens is 520 g/mol. The maximum Gasteiger partial charge on any atom is 0.264 e. The molecule has 2 aromatic rings. The van der Waals surface area contributed by atoms with Crippen molar-refractivity contribution in [3.05, 3.63) is 53.6 Å². The van der Waals surface area contributed by atoms with Gasteiger partial charge < -0.3 is 4.90 Å². The summed E-state index contributed by atoms with van der Waals surface area (Å²) in [5.41, 5.74) is 2.58. The van der Waals surface area contributed by atoms with E-state index in [1.165, 1.54) is 38.5 Å². The van der Waals surface area contributed by atoms with Gasteiger partial charge in [-0.25, -0.2) is 8.42 Å². The van der Waals surface area contributed by atoms with Crippen molar-refractivity contribution in [1.29, 1.82) is 0 Å². The quantitative estimate of drug-likeness (QED) is 0.289. The van der Waals surface area contributed by atoms with Crippen molar-refractivity contribution in [2.45, 2.75) is 81.9 Å². The number of carbonyl (C=O) groups is 1. The molecule has 0 radical (unpaired) electrons. The van der Waals surface area contributed by atoms with E-state index in [2.05, 4.69) is 14.6 Å². The average molecular weight is 565 g/mol. The van der Waals surface area contributed by atoms with Gasteiger partial charge in [0.2, 0.25) is 0 Å². The summed E-state index contributed by atoms with van der Waals surface area (Å²) in [7, 11) is -3.87. The minimum atomic E-state index is -3.87. The molecule has 5 rings (SSSR count). The van der Waals surface area contributed by atoms with Gasteiger partial charge in [-0.3, -0.25) is 19.4 Å². The standard InChI is InChI=1S/C32H44N4O3S/c1-2-33-31-29(26-12-5-3-4-6-13-26)14-9-15-30(31)40(38,39)34-28-18-16-27(17-19-28)32(37)36-22-20-35(21-23-36)24-25-10-7-8-11-25/h2,9,14-19,25-26,34H,3-8,10-13,20-24H2,1H3/b33-2-. The third-order valence-electron chi connectivity index (χ3n) is 8.91. The number of sulfonamides is 1. The summed E-state index contributed by atoms with van der Waals surface area (Å²) in [6.07, 6.45) is 14.0. The van der Waals surface area contributed by atoms with Gasteiger partial charge in [0.15, 0.2) is 0 Å². The fourth-order valence-electron chi connectivity index (χ4n) is 6.71. The number of piperazine rings is 1. The second-order valence-corrected chi connectivity index (χ2v) is 13.3. The number of rotatable bonds is 8. The highest BCUT2D eigenvalue weighted by atomic mass is 32.2. The van der Waals surface area contributed by atoms with Crippen LogP contribution in [0.1, 0.15) is 93.0 Å². The number of hydrogen-bond acceptors (Lipinski definition) is 5. The van der Waals surface area contributed by atoms with Crippen molar-refractivity contribution in [3.8, 4) is 0 Å². The van der Waals surface area contributed by atoms with Gasteiger partial charge >= 0.3 is 0 Å².